The van der Waals surface area contributed by atoms with Gasteiger partial charge in [0.1, 0.15) is 0 Å². The van der Waals surface area contributed by atoms with Crippen LogP contribution in [-0.2, 0) is 6.42 Å². The zero-order chi connectivity index (χ0) is 13.8. The van der Waals surface area contributed by atoms with Gasteiger partial charge in [-0.15, -0.1) is 0 Å². The molecule has 100 valence electrons. The Morgan fingerprint density at radius 3 is 2.42 bits per heavy atom. The summed E-state index contributed by atoms with van der Waals surface area (Å²) in [5, 5.41) is 0. The Morgan fingerprint density at radius 1 is 1.21 bits per heavy atom. The lowest BCUT2D eigenvalue weighted by Gasteiger charge is -2.18. The highest BCUT2D eigenvalue weighted by atomic mass is 79.9. The van der Waals surface area contributed by atoms with Crippen molar-refractivity contribution in [2.45, 2.75) is 26.3 Å². The Kier molecular flexibility index (Phi) is 4.69. The number of hydrogen-bond acceptors (Lipinski definition) is 3. The summed E-state index contributed by atoms with van der Waals surface area (Å²) in [6.07, 6.45) is 2.63. The van der Waals surface area contributed by atoms with E-state index < -0.39 is 0 Å². The minimum absolute atomic E-state index is 0.0212. The third-order valence-electron chi connectivity index (χ3n) is 3.36. The number of hydrogen-bond donors (Lipinski definition) is 2. The Hall–Kier alpha value is -1.23. The molecule has 0 aliphatic heterocycles. The molecule has 1 heterocycles. The Labute approximate surface area is 122 Å². The molecule has 2 aromatic rings. The van der Waals surface area contributed by atoms with Crippen molar-refractivity contribution in [2.75, 3.05) is 0 Å². The van der Waals surface area contributed by atoms with Crippen LogP contribution in [0.3, 0.4) is 0 Å². The van der Waals surface area contributed by atoms with Crippen LogP contribution in [-0.4, -0.2) is 4.98 Å². The number of rotatable bonds is 4. The Balaban J connectivity index is 2.26. The van der Waals surface area contributed by atoms with Crippen molar-refractivity contribution in [2.24, 2.45) is 5.84 Å². The second-order valence-electron chi connectivity index (χ2n) is 4.70. The molecular formula is C15H18BrN3. The molecule has 19 heavy (non-hydrogen) atoms. The first-order chi connectivity index (χ1) is 9.11. The zero-order valence-corrected chi connectivity index (χ0v) is 12.7. The van der Waals surface area contributed by atoms with Gasteiger partial charge >= 0.3 is 0 Å². The lowest BCUT2D eigenvalue weighted by molar-refractivity contribution is 0.536. The van der Waals surface area contributed by atoms with E-state index in [9.17, 15) is 0 Å². The van der Waals surface area contributed by atoms with Gasteiger partial charge in [0.05, 0.1) is 11.7 Å². The molecule has 0 bridgehead atoms. The number of nitrogens with two attached hydrogens (primary N) is 1. The van der Waals surface area contributed by atoms with Crippen molar-refractivity contribution < 1.29 is 0 Å². The van der Waals surface area contributed by atoms with Crippen molar-refractivity contribution in [3.63, 3.8) is 0 Å². The fourth-order valence-corrected chi connectivity index (χ4v) is 2.45. The number of halogens is 1. The number of aromatic nitrogens is 1. The highest BCUT2D eigenvalue weighted by Gasteiger charge is 2.14. The minimum atomic E-state index is 0.0212. The molecular weight excluding hydrogens is 302 g/mol. The fraction of sp³-hybridized carbons (Fsp3) is 0.267. The lowest BCUT2D eigenvalue weighted by atomic mass is 9.95. The predicted octanol–water partition coefficient (Wildman–Crippen LogP) is 3.21. The first-order valence-corrected chi connectivity index (χ1v) is 7.03. The van der Waals surface area contributed by atoms with E-state index in [1.54, 1.807) is 6.20 Å². The van der Waals surface area contributed by atoms with E-state index in [2.05, 4.69) is 58.4 Å². The molecule has 0 aliphatic carbocycles. The lowest BCUT2D eigenvalue weighted by Crippen LogP contribution is -2.30. The molecule has 1 unspecified atom stereocenters. The molecule has 3 nitrogen and oxygen atoms in total. The van der Waals surface area contributed by atoms with Crippen molar-refractivity contribution in [1.82, 2.24) is 10.4 Å². The van der Waals surface area contributed by atoms with Gasteiger partial charge < -0.3 is 0 Å². The maximum atomic E-state index is 5.69. The van der Waals surface area contributed by atoms with E-state index in [4.69, 9.17) is 5.84 Å². The molecule has 0 radical (unpaired) electrons. The average molecular weight is 320 g/mol. The second kappa shape index (κ2) is 6.28. The molecule has 3 N–H and O–H groups in total. The predicted molar refractivity (Wildman–Crippen MR) is 81.6 cm³/mol. The molecule has 1 aromatic carbocycles. The third-order valence-corrected chi connectivity index (χ3v) is 3.83. The van der Waals surface area contributed by atoms with Gasteiger partial charge in [-0.1, -0.05) is 18.2 Å². The minimum Gasteiger partial charge on any atom is -0.271 e. The Morgan fingerprint density at radius 2 is 1.89 bits per heavy atom. The summed E-state index contributed by atoms with van der Waals surface area (Å²) in [5.74, 6) is 5.69. The molecule has 2 rings (SSSR count). The summed E-state index contributed by atoms with van der Waals surface area (Å²) >= 11 is 3.39. The summed E-state index contributed by atoms with van der Waals surface area (Å²) in [7, 11) is 0. The molecule has 0 saturated heterocycles. The van der Waals surface area contributed by atoms with Crippen LogP contribution < -0.4 is 11.3 Å². The van der Waals surface area contributed by atoms with E-state index in [-0.39, 0.29) is 6.04 Å². The van der Waals surface area contributed by atoms with Gasteiger partial charge in [-0.3, -0.25) is 16.3 Å². The molecule has 0 saturated carbocycles. The fourth-order valence-electron chi connectivity index (χ4n) is 2.22. The summed E-state index contributed by atoms with van der Waals surface area (Å²) in [6, 6.07) is 10.3. The number of pyridine rings is 1. The number of nitrogens with zero attached hydrogens (tertiary/aromatic N) is 1. The molecule has 1 aromatic heterocycles. The number of benzene rings is 1. The molecule has 0 amide bonds. The van der Waals surface area contributed by atoms with Gasteiger partial charge in [0.15, 0.2) is 0 Å². The van der Waals surface area contributed by atoms with E-state index in [0.29, 0.717) is 0 Å². The highest BCUT2D eigenvalue weighted by molar-refractivity contribution is 9.10. The standard InChI is InChI=1S/C15H18BrN3/c1-10-4-3-5-11(2)13(10)8-15(19-17)14-7-6-12(16)9-18-14/h3-7,9,15,19H,8,17H2,1-2H3. The first kappa shape index (κ1) is 14.2. The zero-order valence-electron chi connectivity index (χ0n) is 11.2. The van der Waals surface area contributed by atoms with Crippen LogP contribution in [0.5, 0.6) is 0 Å². The van der Waals surface area contributed by atoms with Gasteiger partial charge in [-0.25, -0.2) is 0 Å². The van der Waals surface area contributed by atoms with Gasteiger partial charge in [0, 0.05) is 10.7 Å². The van der Waals surface area contributed by atoms with Crippen molar-refractivity contribution in [3.05, 3.63) is 63.4 Å². The first-order valence-electron chi connectivity index (χ1n) is 6.24. The molecule has 0 fully saturated rings. The molecule has 4 heteroatoms. The monoisotopic (exact) mass is 319 g/mol. The number of nitrogens with one attached hydrogen (secondary N) is 1. The van der Waals surface area contributed by atoms with Crippen molar-refractivity contribution >= 4 is 15.9 Å². The summed E-state index contributed by atoms with van der Waals surface area (Å²) in [5.41, 5.74) is 7.72. The van der Waals surface area contributed by atoms with Crippen molar-refractivity contribution in [3.8, 4) is 0 Å². The highest BCUT2D eigenvalue weighted by Crippen LogP contribution is 2.22. The van der Waals surface area contributed by atoms with E-state index in [0.717, 1.165) is 16.6 Å². The normalized spacial score (nSPS) is 12.4. The van der Waals surface area contributed by atoms with Crippen LogP contribution in [0, 0.1) is 13.8 Å². The topological polar surface area (TPSA) is 50.9 Å². The van der Waals surface area contributed by atoms with Gasteiger partial charge in [-0.05, 0) is 65.0 Å². The van der Waals surface area contributed by atoms with Crippen LogP contribution in [0.2, 0.25) is 0 Å². The van der Waals surface area contributed by atoms with Crippen LogP contribution in [0.1, 0.15) is 28.4 Å². The molecule has 0 spiro atoms. The van der Waals surface area contributed by atoms with Crippen LogP contribution in [0.15, 0.2) is 41.0 Å². The summed E-state index contributed by atoms with van der Waals surface area (Å²) in [4.78, 5) is 4.42. The van der Waals surface area contributed by atoms with Crippen LogP contribution in [0.4, 0.5) is 0 Å². The quantitative estimate of drug-likeness (QED) is 0.672. The van der Waals surface area contributed by atoms with Gasteiger partial charge in [0.25, 0.3) is 0 Å². The van der Waals surface area contributed by atoms with Crippen LogP contribution in [0.25, 0.3) is 0 Å². The van der Waals surface area contributed by atoms with Gasteiger partial charge in [0.2, 0.25) is 0 Å². The van der Waals surface area contributed by atoms with Crippen LogP contribution >= 0.6 is 15.9 Å². The SMILES string of the molecule is Cc1cccc(C)c1CC(NN)c1ccc(Br)cn1. The van der Waals surface area contributed by atoms with Gasteiger partial charge in [-0.2, -0.15) is 0 Å². The maximum Gasteiger partial charge on any atom is 0.0672 e. The maximum absolute atomic E-state index is 5.69. The third kappa shape index (κ3) is 3.41. The van der Waals surface area contributed by atoms with E-state index in [1.807, 2.05) is 12.1 Å². The summed E-state index contributed by atoms with van der Waals surface area (Å²) in [6.45, 7) is 4.26. The smallest absolute Gasteiger partial charge is 0.0672 e. The number of hydrazine groups is 1. The largest absolute Gasteiger partial charge is 0.271 e. The number of aryl methyl sites for hydroxylation is 2. The second-order valence-corrected chi connectivity index (χ2v) is 5.61. The summed E-state index contributed by atoms with van der Waals surface area (Å²) < 4.78 is 0.971. The van der Waals surface area contributed by atoms with Crippen molar-refractivity contribution in [1.29, 1.82) is 0 Å². The molecule has 0 aliphatic rings. The average Bonchev–Trinajstić information content (AvgIpc) is 2.40. The van der Waals surface area contributed by atoms with E-state index in [1.165, 1.54) is 16.7 Å². The van der Waals surface area contributed by atoms with E-state index >= 15 is 0 Å². The molecule has 1 atom stereocenters. The Bertz CT molecular complexity index is 532.